The number of halogens is 6. The maximum atomic E-state index is 13.0. The lowest BCUT2D eigenvalue weighted by Crippen LogP contribution is -2.25. The van der Waals surface area contributed by atoms with Crippen molar-refractivity contribution in [1.82, 2.24) is 0 Å². The SMILES string of the molecule is Cc1ccc(-c2cc3ccc(OCC(O)COc4ccc5cc(-c6ccc(C)cc6OC(F)(F)F)c(=O)oc5c4)cc3oc2=O)c(OC(F)(F)F)c1. The van der Waals surface area contributed by atoms with Gasteiger partial charge in [-0.05, 0) is 73.5 Å². The molecule has 0 atom stereocenters. The molecule has 6 rings (SSSR count). The molecule has 4 aromatic carbocycles. The molecular weight excluding hydrogens is 702 g/mol. The zero-order valence-electron chi connectivity index (χ0n) is 27.1. The zero-order valence-corrected chi connectivity index (χ0v) is 27.1. The summed E-state index contributed by atoms with van der Waals surface area (Å²) in [7, 11) is 0. The molecular formula is C37H26F6O9. The Morgan fingerprint density at radius 2 is 0.981 bits per heavy atom. The van der Waals surface area contributed by atoms with Crippen LogP contribution in [-0.2, 0) is 0 Å². The minimum absolute atomic E-state index is 0.0784. The van der Waals surface area contributed by atoms with E-state index in [4.69, 9.17) is 18.3 Å². The minimum atomic E-state index is -4.98. The first kappa shape index (κ1) is 35.9. The normalized spacial score (nSPS) is 12.0. The Morgan fingerprint density at radius 3 is 1.37 bits per heavy atom. The van der Waals surface area contributed by atoms with Crippen LogP contribution in [0, 0.1) is 13.8 Å². The fourth-order valence-electron chi connectivity index (χ4n) is 5.29. The third kappa shape index (κ3) is 8.49. The number of aryl methyl sites for hydroxylation is 2. The Morgan fingerprint density at radius 1 is 0.577 bits per heavy atom. The van der Waals surface area contributed by atoms with Gasteiger partial charge in [0, 0.05) is 34.0 Å². The summed E-state index contributed by atoms with van der Waals surface area (Å²) in [6.45, 7) is 2.63. The molecule has 270 valence electrons. The fraction of sp³-hybridized carbons (Fsp3) is 0.189. The van der Waals surface area contributed by atoms with Gasteiger partial charge in [0.2, 0.25) is 0 Å². The van der Waals surface area contributed by atoms with Gasteiger partial charge < -0.3 is 32.9 Å². The Labute approximate surface area is 289 Å². The van der Waals surface area contributed by atoms with E-state index in [-0.39, 0.29) is 58.1 Å². The molecule has 0 aliphatic rings. The van der Waals surface area contributed by atoms with Crippen LogP contribution in [0.1, 0.15) is 11.1 Å². The molecule has 2 aromatic heterocycles. The highest BCUT2D eigenvalue weighted by Crippen LogP contribution is 2.36. The van der Waals surface area contributed by atoms with Crippen LogP contribution in [0.4, 0.5) is 26.3 Å². The van der Waals surface area contributed by atoms with E-state index in [0.717, 1.165) is 12.1 Å². The van der Waals surface area contributed by atoms with Gasteiger partial charge in [0.1, 0.15) is 53.5 Å². The van der Waals surface area contributed by atoms with E-state index < -0.39 is 41.6 Å². The summed E-state index contributed by atoms with van der Waals surface area (Å²) < 4.78 is 108. The Kier molecular flexibility index (Phi) is 9.64. The summed E-state index contributed by atoms with van der Waals surface area (Å²) in [5.74, 6) is -0.681. The summed E-state index contributed by atoms with van der Waals surface area (Å²) in [5, 5.41) is 11.2. The van der Waals surface area contributed by atoms with Crippen LogP contribution in [0.15, 0.2) is 103 Å². The van der Waals surface area contributed by atoms with Gasteiger partial charge in [0.25, 0.3) is 0 Å². The largest absolute Gasteiger partial charge is 0.573 e. The lowest BCUT2D eigenvalue weighted by Gasteiger charge is -2.15. The smallest absolute Gasteiger partial charge is 0.491 e. The highest BCUT2D eigenvalue weighted by molar-refractivity contribution is 5.85. The van der Waals surface area contributed by atoms with Crippen molar-refractivity contribution < 1.29 is 59.2 Å². The molecule has 0 aliphatic heterocycles. The number of aliphatic hydroxyl groups excluding tert-OH is 1. The van der Waals surface area contributed by atoms with Crippen molar-refractivity contribution in [3.05, 3.63) is 117 Å². The second-order valence-electron chi connectivity index (χ2n) is 11.7. The van der Waals surface area contributed by atoms with Crippen molar-refractivity contribution in [3.8, 4) is 45.3 Å². The molecule has 52 heavy (non-hydrogen) atoms. The maximum absolute atomic E-state index is 13.0. The van der Waals surface area contributed by atoms with Gasteiger partial charge in [-0.25, -0.2) is 9.59 Å². The van der Waals surface area contributed by atoms with Crippen LogP contribution in [0.5, 0.6) is 23.0 Å². The van der Waals surface area contributed by atoms with Crippen molar-refractivity contribution in [2.75, 3.05) is 13.2 Å². The van der Waals surface area contributed by atoms with Crippen molar-refractivity contribution in [3.63, 3.8) is 0 Å². The second kappa shape index (κ2) is 14.0. The fourth-order valence-corrected chi connectivity index (χ4v) is 5.29. The van der Waals surface area contributed by atoms with Crippen LogP contribution in [0.25, 0.3) is 44.2 Å². The van der Waals surface area contributed by atoms with Gasteiger partial charge in [-0.1, -0.05) is 24.3 Å². The monoisotopic (exact) mass is 728 g/mol. The summed E-state index contributed by atoms with van der Waals surface area (Å²) in [6, 6.07) is 19.6. The van der Waals surface area contributed by atoms with E-state index in [9.17, 15) is 41.0 Å². The molecule has 0 saturated heterocycles. The van der Waals surface area contributed by atoms with Gasteiger partial charge in [0.15, 0.2) is 0 Å². The first-order valence-corrected chi connectivity index (χ1v) is 15.3. The van der Waals surface area contributed by atoms with E-state index in [2.05, 4.69) is 9.47 Å². The Bertz CT molecular complexity index is 2230. The van der Waals surface area contributed by atoms with Gasteiger partial charge >= 0.3 is 24.0 Å². The van der Waals surface area contributed by atoms with E-state index in [1.807, 2.05) is 0 Å². The first-order valence-electron chi connectivity index (χ1n) is 15.3. The minimum Gasteiger partial charge on any atom is -0.491 e. The van der Waals surface area contributed by atoms with Crippen molar-refractivity contribution in [2.45, 2.75) is 32.7 Å². The summed E-state index contributed by atoms with van der Waals surface area (Å²) in [6.07, 6.45) is -11.1. The molecule has 1 N–H and O–H groups in total. The Balaban J connectivity index is 1.11. The lowest BCUT2D eigenvalue weighted by molar-refractivity contribution is -0.275. The van der Waals surface area contributed by atoms with Gasteiger partial charge in [-0.2, -0.15) is 0 Å². The number of benzene rings is 4. The molecule has 6 aromatic rings. The van der Waals surface area contributed by atoms with Crippen molar-refractivity contribution >= 4 is 21.9 Å². The molecule has 0 saturated carbocycles. The maximum Gasteiger partial charge on any atom is 0.573 e. The second-order valence-corrected chi connectivity index (χ2v) is 11.7. The molecule has 0 amide bonds. The van der Waals surface area contributed by atoms with Crippen LogP contribution >= 0.6 is 0 Å². The zero-order chi connectivity index (χ0) is 37.4. The molecule has 2 heterocycles. The summed E-state index contributed by atoms with van der Waals surface area (Å²) in [5.41, 5.74) is -1.17. The average molecular weight is 729 g/mol. The predicted octanol–water partition coefficient (Wildman–Crippen LogP) is 8.47. The number of hydrogen-bond donors (Lipinski definition) is 1. The molecule has 0 spiro atoms. The molecule has 15 heteroatoms. The average Bonchev–Trinajstić information content (AvgIpc) is 3.05. The van der Waals surface area contributed by atoms with E-state index in [0.29, 0.717) is 21.9 Å². The van der Waals surface area contributed by atoms with Gasteiger partial charge in [0.05, 0.1) is 11.1 Å². The first-order chi connectivity index (χ1) is 24.5. The van der Waals surface area contributed by atoms with Crippen LogP contribution < -0.4 is 30.2 Å². The lowest BCUT2D eigenvalue weighted by atomic mass is 10.0. The molecule has 0 aliphatic carbocycles. The number of aliphatic hydroxyl groups is 1. The van der Waals surface area contributed by atoms with Crippen LogP contribution in [-0.4, -0.2) is 37.1 Å². The highest BCUT2D eigenvalue weighted by atomic mass is 19.4. The van der Waals surface area contributed by atoms with Crippen LogP contribution in [0.3, 0.4) is 0 Å². The van der Waals surface area contributed by atoms with Gasteiger partial charge in [-0.3, -0.25) is 0 Å². The van der Waals surface area contributed by atoms with E-state index in [1.165, 1.54) is 72.8 Å². The highest BCUT2D eigenvalue weighted by Gasteiger charge is 2.34. The number of rotatable bonds is 10. The predicted molar refractivity (Wildman–Crippen MR) is 176 cm³/mol. The molecule has 9 nitrogen and oxygen atoms in total. The number of alkyl halides is 6. The molecule has 0 fully saturated rings. The summed E-state index contributed by atoms with van der Waals surface area (Å²) in [4.78, 5) is 25.6. The van der Waals surface area contributed by atoms with E-state index >= 15 is 0 Å². The number of ether oxygens (including phenoxy) is 4. The molecule has 0 radical (unpaired) electrons. The molecule has 0 bridgehead atoms. The standard InChI is InChI=1S/C37H26F6O9/c1-19-3-9-26(32(11-19)51-36(38,39)40)28-13-21-5-7-24(15-30(21)49-34(28)45)47-17-23(44)18-48-25-8-6-22-14-29(35(46)50-31(22)16-25)27-10-4-20(2)12-33(27)52-37(41,42)43/h3-16,23,44H,17-18H2,1-2H3. The topological polar surface area (TPSA) is 118 Å². The molecule has 0 unspecified atom stereocenters. The third-order valence-electron chi connectivity index (χ3n) is 7.61. The number of fused-ring (bicyclic) bond motifs is 2. The quantitative estimate of drug-likeness (QED) is 0.110. The third-order valence-corrected chi connectivity index (χ3v) is 7.61. The van der Waals surface area contributed by atoms with Gasteiger partial charge in [-0.15, -0.1) is 26.3 Å². The van der Waals surface area contributed by atoms with E-state index in [1.54, 1.807) is 13.8 Å². The Hall–Kier alpha value is -5.96. The van der Waals surface area contributed by atoms with Crippen molar-refractivity contribution in [2.24, 2.45) is 0 Å². The number of hydrogen-bond acceptors (Lipinski definition) is 9. The van der Waals surface area contributed by atoms with Crippen molar-refractivity contribution in [1.29, 1.82) is 0 Å². The summed E-state index contributed by atoms with van der Waals surface area (Å²) >= 11 is 0. The van der Waals surface area contributed by atoms with Crippen LogP contribution in [0.2, 0.25) is 0 Å².